The first-order valence-electron chi connectivity index (χ1n) is 7.05. The van der Waals surface area contributed by atoms with Crippen molar-refractivity contribution in [2.24, 2.45) is 0 Å². The number of hydrogen-bond acceptors (Lipinski definition) is 2. The van der Waals surface area contributed by atoms with Gasteiger partial charge >= 0.3 is 0 Å². The van der Waals surface area contributed by atoms with E-state index in [0.29, 0.717) is 5.92 Å². The Morgan fingerprint density at radius 1 is 1.05 bits per heavy atom. The fourth-order valence-electron chi connectivity index (χ4n) is 3.33. The largest absolute Gasteiger partial charge is 0.464 e. The summed E-state index contributed by atoms with van der Waals surface area (Å²) in [4.78, 5) is 2.38. The van der Waals surface area contributed by atoms with E-state index in [1.54, 1.807) is 6.26 Å². The lowest BCUT2D eigenvalue weighted by atomic mass is 9.84. The maximum Gasteiger partial charge on any atom is 0.138 e. The predicted molar refractivity (Wildman–Crippen MR) is 80.8 cm³/mol. The number of likely N-dealkylation sites (N-methyl/N-ethyl adjacent to an activating group) is 1. The molecular formula is C18H17NO. The van der Waals surface area contributed by atoms with Crippen molar-refractivity contribution >= 4 is 11.0 Å². The maximum absolute atomic E-state index is 5.78. The van der Waals surface area contributed by atoms with Gasteiger partial charge in [0.2, 0.25) is 0 Å². The maximum atomic E-state index is 5.78. The van der Waals surface area contributed by atoms with Gasteiger partial charge in [0.1, 0.15) is 5.58 Å². The van der Waals surface area contributed by atoms with E-state index in [0.717, 1.165) is 18.7 Å². The summed E-state index contributed by atoms with van der Waals surface area (Å²) in [6.07, 6.45) is 1.80. The van der Waals surface area contributed by atoms with Gasteiger partial charge in [-0.1, -0.05) is 42.5 Å². The molecular weight excluding hydrogens is 246 g/mol. The predicted octanol–water partition coefficient (Wildman–Crippen LogP) is 4.01. The lowest BCUT2D eigenvalue weighted by Crippen LogP contribution is -2.31. The molecule has 0 saturated heterocycles. The molecule has 0 spiro atoms. The van der Waals surface area contributed by atoms with Crippen LogP contribution in [0.5, 0.6) is 0 Å². The molecule has 1 unspecified atom stereocenters. The summed E-state index contributed by atoms with van der Waals surface area (Å²) in [5, 5.41) is 1.20. The quantitative estimate of drug-likeness (QED) is 0.659. The van der Waals surface area contributed by atoms with Crippen LogP contribution < -0.4 is 0 Å². The Balaban J connectivity index is 1.96. The highest BCUT2D eigenvalue weighted by molar-refractivity contribution is 5.83. The van der Waals surface area contributed by atoms with Crippen LogP contribution >= 0.6 is 0 Å². The molecule has 20 heavy (non-hydrogen) atoms. The van der Waals surface area contributed by atoms with E-state index in [1.165, 1.54) is 22.1 Å². The zero-order valence-electron chi connectivity index (χ0n) is 11.5. The number of hydrogen-bond donors (Lipinski definition) is 0. The average molecular weight is 263 g/mol. The minimum Gasteiger partial charge on any atom is -0.464 e. The molecule has 1 aliphatic heterocycles. The topological polar surface area (TPSA) is 16.4 Å². The van der Waals surface area contributed by atoms with E-state index in [4.69, 9.17) is 4.42 Å². The van der Waals surface area contributed by atoms with Crippen LogP contribution in [-0.2, 0) is 6.54 Å². The van der Waals surface area contributed by atoms with Gasteiger partial charge in [0.15, 0.2) is 0 Å². The van der Waals surface area contributed by atoms with Crippen molar-refractivity contribution in [3.05, 3.63) is 71.5 Å². The van der Waals surface area contributed by atoms with Crippen LogP contribution in [0.25, 0.3) is 11.0 Å². The summed E-state index contributed by atoms with van der Waals surface area (Å²) < 4.78 is 5.78. The summed E-state index contributed by atoms with van der Waals surface area (Å²) in [5.74, 6) is 0.389. The Morgan fingerprint density at radius 3 is 2.75 bits per heavy atom. The highest BCUT2D eigenvalue weighted by Gasteiger charge is 2.27. The minimum atomic E-state index is 0.389. The van der Waals surface area contributed by atoms with Gasteiger partial charge in [0.05, 0.1) is 6.26 Å². The molecule has 0 fully saturated rings. The van der Waals surface area contributed by atoms with Gasteiger partial charge < -0.3 is 9.32 Å². The molecule has 1 aromatic heterocycles. The normalized spacial score (nSPS) is 19.1. The van der Waals surface area contributed by atoms with Crippen LogP contribution in [0.1, 0.15) is 22.6 Å². The second kappa shape index (κ2) is 4.50. The summed E-state index contributed by atoms with van der Waals surface area (Å²) in [6, 6.07) is 17.2. The SMILES string of the molecule is CN1Cc2ccc3ccoc3c2C(c2ccccc2)C1. The number of rotatable bonds is 1. The molecule has 0 saturated carbocycles. The van der Waals surface area contributed by atoms with Gasteiger partial charge in [-0.3, -0.25) is 0 Å². The highest BCUT2D eigenvalue weighted by Crippen LogP contribution is 2.38. The summed E-state index contributed by atoms with van der Waals surface area (Å²) >= 11 is 0. The molecule has 0 N–H and O–H groups in total. The second-order valence-electron chi connectivity index (χ2n) is 5.64. The van der Waals surface area contributed by atoms with Crippen molar-refractivity contribution in [1.29, 1.82) is 0 Å². The van der Waals surface area contributed by atoms with Crippen LogP contribution in [0, 0.1) is 0 Å². The molecule has 2 heterocycles. The van der Waals surface area contributed by atoms with Crippen molar-refractivity contribution < 1.29 is 4.42 Å². The molecule has 0 radical (unpaired) electrons. The summed E-state index contributed by atoms with van der Waals surface area (Å²) in [6.45, 7) is 2.03. The van der Waals surface area contributed by atoms with E-state index >= 15 is 0 Å². The smallest absolute Gasteiger partial charge is 0.138 e. The van der Waals surface area contributed by atoms with Gasteiger partial charge in [-0.25, -0.2) is 0 Å². The molecule has 100 valence electrons. The fraction of sp³-hybridized carbons (Fsp3) is 0.222. The van der Waals surface area contributed by atoms with Gasteiger partial charge in [-0.05, 0) is 24.2 Å². The van der Waals surface area contributed by atoms with Crippen LogP contribution in [0.15, 0.2) is 59.2 Å². The van der Waals surface area contributed by atoms with Crippen molar-refractivity contribution in [2.45, 2.75) is 12.5 Å². The monoisotopic (exact) mass is 263 g/mol. The Morgan fingerprint density at radius 2 is 1.90 bits per heavy atom. The zero-order chi connectivity index (χ0) is 13.5. The summed E-state index contributed by atoms with van der Waals surface area (Å²) in [7, 11) is 2.19. The second-order valence-corrected chi connectivity index (χ2v) is 5.64. The van der Waals surface area contributed by atoms with Crippen molar-refractivity contribution in [3.8, 4) is 0 Å². The molecule has 2 nitrogen and oxygen atoms in total. The first kappa shape index (κ1) is 11.7. The third-order valence-electron chi connectivity index (χ3n) is 4.24. The van der Waals surface area contributed by atoms with Gasteiger partial charge in [0.25, 0.3) is 0 Å². The first-order valence-corrected chi connectivity index (χ1v) is 7.05. The van der Waals surface area contributed by atoms with Crippen LogP contribution in [0.4, 0.5) is 0 Å². The molecule has 2 aromatic carbocycles. The molecule has 0 aliphatic carbocycles. The van der Waals surface area contributed by atoms with Crippen molar-refractivity contribution in [3.63, 3.8) is 0 Å². The average Bonchev–Trinajstić information content (AvgIpc) is 2.95. The van der Waals surface area contributed by atoms with Crippen LogP contribution in [-0.4, -0.2) is 18.5 Å². The van der Waals surface area contributed by atoms with E-state index < -0.39 is 0 Å². The zero-order valence-corrected chi connectivity index (χ0v) is 11.5. The lowest BCUT2D eigenvalue weighted by molar-refractivity contribution is 0.295. The van der Waals surface area contributed by atoms with Gasteiger partial charge in [0, 0.05) is 30.0 Å². The standard InChI is InChI=1S/C18H17NO/c1-19-11-15-8-7-14-9-10-20-18(14)17(15)16(12-19)13-5-3-2-4-6-13/h2-10,16H,11-12H2,1H3. The molecule has 0 bridgehead atoms. The van der Waals surface area contributed by atoms with Crippen molar-refractivity contribution in [1.82, 2.24) is 4.90 Å². The third-order valence-corrected chi connectivity index (χ3v) is 4.24. The molecule has 3 aromatic rings. The number of furan rings is 1. The third kappa shape index (κ3) is 1.76. The van der Waals surface area contributed by atoms with Gasteiger partial charge in [-0.15, -0.1) is 0 Å². The molecule has 0 amide bonds. The first-order chi connectivity index (χ1) is 9.83. The van der Waals surface area contributed by atoms with Crippen LogP contribution in [0.3, 0.4) is 0 Å². The molecule has 1 aliphatic rings. The Hall–Kier alpha value is -2.06. The Bertz CT molecular complexity index is 744. The van der Waals surface area contributed by atoms with E-state index in [1.807, 2.05) is 0 Å². The Kier molecular flexibility index (Phi) is 2.64. The van der Waals surface area contributed by atoms with E-state index in [-0.39, 0.29) is 0 Å². The molecule has 4 rings (SSSR count). The lowest BCUT2D eigenvalue weighted by Gasteiger charge is -2.32. The minimum absolute atomic E-state index is 0.389. The summed E-state index contributed by atoms with van der Waals surface area (Å²) in [5.41, 5.74) is 5.18. The fourth-order valence-corrected chi connectivity index (χ4v) is 3.33. The Labute approximate surface area is 118 Å². The highest BCUT2D eigenvalue weighted by atomic mass is 16.3. The van der Waals surface area contributed by atoms with Crippen molar-refractivity contribution in [2.75, 3.05) is 13.6 Å². The number of nitrogens with zero attached hydrogens (tertiary/aromatic N) is 1. The number of benzene rings is 2. The van der Waals surface area contributed by atoms with Crippen LogP contribution in [0.2, 0.25) is 0 Å². The molecule has 1 atom stereocenters. The van der Waals surface area contributed by atoms with Gasteiger partial charge in [-0.2, -0.15) is 0 Å². The van der Waals surface area contributed by atoms with E-state index in [9.17, 15) is 0 Å². The molecule has 2 heteroatoms. The van der Waals surface area contributed by atoms with E-state index in [2.05, 4.69) is 60.5 Å². The number of fused-ring (bicyclic) bond motifs is 3.